The van der Waals surface area contributed by atoms with Gasteiger partial charge in [-0.2, -0.15) is 8.78 Å². The van der Waals surface area contributed by atoms with E-state index in [4.69, 9.17) is 4.74 Å². The molecule has 0 unspecified atom stereocenters. The number of hydrogen-bond donors (Lipinski definition) is 1. The van der Waals surface area contributed by atoms with E-state index in [0.29, 0.717) is 0 Å². The van der Waals surface area contributed by atoms with E-state index in [-0.39, 0.29) is 11.4 Å². The molecule has 0 spiro atoms. The van der Waals surface area contributed by atoms with Crippen molar-refractivity contribution in [3.05, 3.63) is 52.6 Å². The number of halogens is 2. The first-order chi connectivity index (χ1) is 12.5. The van der Waals surface area contributed by atoms with Crippen molar-refractivity contribution in [1.82, 2.24) is 0 Å². The van der Waals surface area contributed by atoms with E-state index in [9.17, 15) is 35.7 Å². The molecule has 2 aromatic carbocycles. The maximum Gasteiger partial charge on any atom is 0.341 e. The standard InChI is InChI=1S/C14H12F2N2O7S2/c1-25-13-7-6-11(8-12(13)18(19)20)27(23,24)17-9-2-4-10(5-3-9)26(21,22)14(15)16/h2-8,14,17H,1H3. The molecule has 2 rings (SSSR count). The van der Waals surface area contributed by atoms with Crippen LogP contribution in [0.15, 0.2) is 52.3 Å². The minimum atomic E-state index is -4.81. The number of nitro benzene ring substituents is 1. The molecule has 146 valence electrons. The largest absolute Gasteiger partial charge is 0.490 e. The zero-order chi connectivity index (χ0) is 20.4. The van der Waals surface area contributed by atoms with Crippen molar-refractivity contribution in [3.63, 3.8) is 0 Å². The molecule has 0 saturated heterocycles. The number of methoxy groups -OCH3 is 1. The van der Waals surface area contributed by atoms with Gasteiger partial charge >= 0.3 is 11.4 Å². The Morgan fingerprint density at radius 3 is 2.07 bits per heavy atom. The fourth-order valence-corrected chi connectivity index (χ4v) is 3.81. The lowest BCUT2D eigenvalue weighted by atomic mass is 10.3. The predicted octanol–water partition coefficient (Wildman–Crippen LogP) is 2.40. The number of sulfone groups is 1. The van der Waals surface area contributed by atoms with Crippen molar-refractivity contribution in [2.24, 2.45) is 0 Å². The third-order valence-electron chi connectivity index (χ3n) is 3.33. The number of nitro groups is 1. The minimum absolute atomic E-state index is 0.123. The maximum atomic E-state index is 12.5. The third kappa shape index (κ3) is 4.31. The number of rotatable bonds is 7. The van der Waals surface area contributed by atoms with Crippen LogP contribution in [0, 0.1) is 10.1 Å². The van der Waals surface area contributed by atoms with Gasteiger partial charge in [-0.3, -0.25) is 14.8 Å². The Morgan fingerprint density at radius 2 is 1.59 bits per heavy atom. The number of nitrogens with one attached hydrogen (secondary N) is 1. The van der Waals surface area contributed by atoms with E-state index >= 15 is 0 Å². The number of ether oxygens (including phenoxy) is 1. The monoisotopic (exact) mass is 422 g/mol. The molecule has 0 aliphatic rings. The van der Waals surface area contributed by atoms with Crippen LogP contribution in [0.1, 0.15) is 0 Å². The van der Waals surface area contributed by atoms with Gasteiger partial charge in [-0.25, -0.2) is 16.8 Å². The van der Waals surface area contributed by atoms with Gasteiger partial charge in [0.15, 0.2) is 5.75 Å². The first-order valence-electron chi connectivity index (χ1n) is 6.96. The smallest absolute Gasteiger partial charge is 0.341 e. The summed E-state index contributed by atoms with van der Waals surface area (Å²) in [4.78, 5) is 9.05. The molecule has 0 aliphatic heterocycles. The summed E-state index contributed by atoms with van der Waals surface area (Å²) in [7, 11) is -7.89. The van der Waals surface area contributed by atoms with Gasteiger partial charge in [-0.1, -0.05) is 0 Å². The summed E-state index contributed by atoms with van der Waals surface area (Å²) in [6, 6.07) is 6.55. The summed E-state index contributed by atoms with van der Waals surface area (Å²) in [6.45, 7) is 0. The minimum Gasteiger partial charge on any atom is -0.490 e. The molecule has 0 aromatic heterocycles. The highest BCUT2D eigenvalue weighted by Crippen LogP contribution is 2.30. The molecule has 0 heterocycles. The van der Waals surface area contributed by atoms with Gasteiger partial charge in [-0.05, 0) is 36.4 Å². The quantitative estimate of drug-likeness (QED) is 0.535. The van der Waals surface area contributed by atoms with Crippen LogP contribution in [0.3, 0.4) is 0 Å². The number of benzene rings is 2. The molecule has 0 aliphatic carbocycles. The number of alkyl halides is 2. The van der Waals surface area contributed by atoms with Crippen molar-refractivity contribution in [1.29, 1.82) is 0 Å². The molecule has 0 fully saturated rings. The van der Waals surface area contributed by atoms with Gasteiger partial charge in [0.2, 0.25) is 9.84 Å². The number of nitrogens with zero attached hydrogens (tertiary/aromatic N) is 1. The first-order valence-corrected chi connectivity index (χ1v) is 9.99. The Balaban J connectivity index is 2.34. The van der Waals surface area contributed by atoms with E-state index in [0.717, 1.165) is 42.5 Å². The second-order valence-corrected chi connectivity index (χ2v) is 8.63. The van der Waals surface area contributed by atoms with Crippen LogP contribution >= 0.6 is 0 Å². The topological polar surface area (TPSA) is 133 Å². The van der Waals surface area contributed by atoms with Crippen molar-refractivity contribution in [3.8, 4) is 5.75 Å². The van der Waals surface area contributed by atoms with Crippen molar-refractivity contribution in [2.45, 2.75) is 15.5 Å². The van der Waals surface area contributed by atoms with Crippen LogP contribution in [0.2, 0.25) is 0 Å². The molecule has 1 N–H and O–H groups in total. The predicted molar refractivity (Wildman–Crippen MR) is 90.1 cm³/mol. The van der Waals surface area contributed by atoms with Gasteiger partial charge in [-0.15, -0.1) is 0 Å². The molecule has 0 saturated carbocycles. The molecule has 2 aromatic rings. The van der Waals surface area contributed by atoms with E-state index in [1.165, 1.54) is 7.11 Å². The summed E-state index contributed by atoms with van der Waals surface area (Å²) in [5, 5.41) is 11.0. The highest BCUT2D eigenvalue weighted by Gasteiger charge is 2.27. The van der Waals surface area contributed by atoms with Crippen molar-refractivity contribution in [2.75, 3.05) is 11.8 Å². The SMILES string of the molecule is COc1ccc(S(=O)(=O)Nc2ccc(S(=O)(=O)C(F)F)cc2)cc1[N+](=O)[O-]. The van der Waals surface area contributed by atoms with Gasteiger partial charge in [0.05, 0.1) is 21.8 Å². The zero-order valence-corrected chi connectivity index (χ0v) is 15.1. The second-order valence-electron chi connectivity index (χ2n) is 5.03. The number of sulfonamides is 1. The zero-order valence-electron chi connectivity index (χ0n) is 13.5. The molecule has 27 heavy (non-hydrogen) atoms. The lowest BCUT2D eigenvalue weighted by Gasteiger charge is -2.10. The van der Waals surface area contributed by atoms with E-state index in [1.807, 2.05) is 0 Å². The van der Waals surface area contributed by atoms with Crippen molar-refractivity contribution >= 4 is 31.2 Å². The Bertz CT molecular complexity index is 1070. The van der Waals surface area contributed by atoms with Crippen LogP contribution in [0.25, 0.3) is 0 Å². The fourth-order valence-electron chi connectivity index (χ4n) is 2.01. The lowest BCUT2D eigenvalue weighted by Crippen LogP contribution is -2.14. The first kappa shape index (κ1) is 20.5. The molecule has 13 heteroatoms. The third-order valence-corrected chi connectivity index (χ3v) is 6.10. The summed E-state index contributed by atoms with van der Waals surface area (Å²) in [5.74, 6) is -3.75. The van der Waals surface area contributed by atoms with E-state index < -0.39 is 46.0 Å². The maximum absolute atomic E-state index is 12.5. The van der Waals surface area contributed by atoms with Crippen molar-refractivity contribution < 1.29 is 35.3 Å². The summed E-state index contributed by atoms with van der Waals surface area (Å²) >= 11 is 0. The van der Waals surface area contributed by atoms with Gasteiger partial charge in [0, 0.05) is 11.8 Å². The average Bonchev–Trinajstić information content (AvgIpc) is 2.61. The highest BCUT2D eigenvalue weighted by atomic mass is 32.2. The lowest BCUT2D eigenvalue weighted by molar-refractivity contribution is -0.386. The molecule has 0 atom stereocenters. The average molecular weight is 422 g/mol. The van der Waals surface area contributed by atoms with E-state index in [1.54, 1.807) is 0 Å². The summed E-state index contributed by atoms with van der Waals surface area (Å²) < 4.78 is 79.2. The number of hydrogen-bond acceptors (Lipinski definition) is 7. The fraction of sp³-hybridized carbons (Fsp3) is 0.143. The second kappa shape index (κ2) is 7.44. The molecular weight excluding hydrogens is 410 g/mol. The van der Waals surface area contributed by atoms with E-state index in [2.05, 4.69) is 4.72 Å². The summed E-state index contributed by atoms with van der Waals surface area (Å²) in [6.07, 6.45) is 0. The normalized spacial score (nSPS) is 12.0. The van der Waals surface area contributed by atoms with Crippen LogP contribution < -0.4 is 9.46 Å². The van der Waals surface area contributed by atoms with Crippen LogP contribution in [-0.2, 0) is 19.9 Å². The Hall–Kier alpha value is -2.80. The Labute approximate surface area is 152 Å². The van der Waals surface area contributed by atoms with Gasteiger partial charge in [0.1, 0.15) is 0 Å². The molecule has 0 bridgehead atoms. The molecule has 0 radical (unpaired) electrons. The highest BCUT2D eigenvalue weighted by molar-refractivity contribution is 7.92. The van der Waals surface area contributed by atoms with Gasteiger partial charge < -0.3 is 4.74 Å². The Kier molecular flexibility index (Phi) is 5.65. The Morgan fingerprint density at radius 1 is 1.04 bits per heavy atom. The van der Waals surface area contributed by atoms with Crippen LogP contribution in [0.4, 0.5) is 20.2 Å². The molecule has 0 amide bonds. The van der Waals surface area contributed by atoms with Crippen LogP contribution in [0.5, 0.6) is 5.75 Å². The molecular formula is C14H12F2N2O7S2. The van der Waals surface area contributed by atoms with Gasteiger partial charge in [0.25, 0.3) is 10.0 Å². The molecule has 9 nitrogen and oxygen atoms in total. The summed E-state index contributed by atoms with van der Waals surface area (Å²) in [5.41, 5.74) is -0.694. The number of anilines is 1. The van der Waals surface area contributed by atoms with Crippen LogP contribution in [-0.4, -0.2) is 34.6 Å².